The second-order valence-electron chi connectivity index (χ2n) is 5.08. The Labute approximate surface area is 122 Å². The number of carbonyl (C=O) groups excluding carboxylic acids is 3. The predicted octanol–water partition coefficient (Wildman–Crippen LogP) is 0.508. The third-order valence-corrected chi connectivity index (χ3v) is 5.01. The maximum absolute atomic E-state index is 12.6. The lowest BCUT2D eigenvalue weighted by molar-refractivity contribution is -0.156. The van der Waals surface area contributed by atoms with Crippen molar-refractivity contribution in [2.24, 2.45) is 0 Å². The largest absolute Gasteiger partial charge is 0.467 e. The van der Waals surface area contributed by atoms with E-state index >= 15 is 0 Å². The van der Waals surface area contributed by atoms with Gasteiger partial charge in [0.05, 0.1) is 12.5 Å². The molecule has 0 aliphatic carbocycles. The lowest BCUT2D eigenvalue weighted by atomic mass is 10.00. The van der Waals surface area contributed by atoms with Crippen LogP contribution in [0.2, 0.25) is 0 Å². The number of thioether (sulfide) groups is 1. The minimum absolute atomic E-state index is 0.0131. The van der Waals surface area contributed by atoms with Crippen molar-refractivity contribution in [3.63, 3.8) is 0 Å². The molecule has 0 bridgehead atoms. The fraction of sp³-hybridized carbons (Fsp3) is 0.769. The first kappa shape index (κ1) is 15.2. The molecule has 0 aromatic heterocycles. The molecule has 0 aromatic rings. The molecule has 6 nitrogen and oxygen atoms in total. The molecule has 1 N–H and O–H groups in total. The van der Waals surface area contributed by atoms with Gasteiger partial charge in [0.1, 0.15) is 12.1 Å². The normalized spacial score (nSPS) is 30.2. The molecule has 3 atom stereocenters. The van der Waals surface area contributed by atoms with Crippen LogP contribution >= 0.6 is 11.8 Å². The van der Waals surface area contributed by atoms with E-state index in [4.69, 9.17) is 4.74 Å². The van der Waals surface area contributed by atoms with Gasteiger partial charge in [0.2, 0.25) is 11.8 Å². The van der Waals surface area contributed by atoms with Crippen LogP contribution in [0.25, 0.3) is 0 Å². The third kappa shape index (κ3) is 3.08. The summed E-state index contributed by atoms with van der Waals surface area (Å²) in [7, 11) is 1.34. The summed E-state index contributed by atoms with van der Waals surface area (Å²) in [5.74, 6) is 0.0435. The highest BCUT2D eigenvalue weighted by Gasteiger charge is 2.43. The highest BCUT2D eigenvalue weighted by Crippen LogP contribution is 2.34. The third-order valence-electron chi connectivity index (χ3n) is 3.69. The van der Waals surface area contributed by atoms with Crippen molar-refractivity contribution >= 4 is 29.5 Å². The van der Waals surface area contributed by atoms with E-state index in [1.807, 2.05) is 0 Å². The highest BCUT2D eigenvalue weighted by atomic mass is 32.2. The van der Waals surface area contributed by atoms with Crippen LogP contribution in [0, 0.1) is 0 Å². The van der Waals surface area contributed by atoms with Gasteiger partial charge in [-0.2, -0.15) is 0 Å². The van der Waals surface area contributed by atoms with E-state index in [2.05, 4.69) is 5.32 Å². The van der Waals surface area contributed by atoms with E-state index in [1.165, 1.54) is 14.0 Å². The molecule has 0 spiro atoms. The van der Waals surface area contributed by atoms with E-state index in [0.29, 0.717) is 12.8 Å². The van der Waals surface area contributed by atoms with Gasteiger partial charge in [0, 0.05) is 6.92 Å². The summed E-state index contributed by atoms with van der Waals surface area (Å²) in [6.07, 6.45) is 3.02. The molecule has 2 saturated heterocycles. The number of nitrogens with zero attached hydrogens (tertiary/aromatic N) is 1. The van der Waals surface area contributed by atoms with Crippen molar-refractivity contribution in [1.29, 1.82) is 0 Å². The maximum Gasteiger partial charge on any atom is 0.328 e. The van der Waals surface area contributed by atoms with Gasteiger partial charge < -0.3 is 15.0 Å². The zero-order valence-electron chi connectivity index (χ0n) is 11.8. The summed E-state index contributed by atoms with van der Waals surface area (Å²) in [5, 5.41) is 2.70. The van der Waals surface area contributed by atoms with Crippen molar-refractivity contribution in [3.8, 4) is 0 Å². The average Bonchev–Trinajstić information content (AvgIpc) is 2.58. The predicted molar refractivity (Wildman–Crippen MR) is 75.0 cm³/mol. The number of amides is 2. The van der Waals surface area contributed by atoms with Crippen LogP contribution in [0.1, 0.15) is 32.6 Å². The fourth-order valence-electron chi connectivity index (χ4n) is 2.80. The molecule has 2 aliphatic heterocycles. The van der Waals surface area contributed by atoms with Crippen LogP contribution in [0.4, 0.5) is 0 Å². The molecule has 2 aliphatic rings. The van der Waals surface area contributed by atoms with Gasteiger partial charge in [0.25, 0.3) is 0 Å². The van der Waals surface area contributed by atoms with Gasteiger partial charge >= 0.3 is 5.97 Å². The summed E-state index contributed by atoms with van der Waals surface area (Å²) in [5.41, 5.74) is 0. The molecule has 2 amide bonds. The topological polar surface area (TPSA) is 75.7 Å². The van der Waals surface area contributed by atoms with Gasteiger partial charge in [-0.15, -0.1) is 11.8 Å². The van der Waals surface area contributed by atoms with Gasteiger partial charge in [-0.3, -0.25) is 9.59 Å². The molecule has 0 radical (unpaired) electrons. The minimum Gasteiger partial charge on any atom is -0.467 e. The van der Waals surface area contributed by atoms with E-state index in [-0.39, 0.29) is 23.2 Å². The fourth-order valence-corrected chi connectivity index (χ4v) is 4.18. The molecule has 20 heavy (non-hydrogen) atoms. The number of rotatable bonds is 2. The van der Waals surface area contributed by atoms with Crippen LogP contribution in [-0.2, 0) is 19.1 Å². The van der Waals surface area contributed by atoms with Crippen molar-refractivity contribution in [1.82, 2.24) is 10.2 Å². The number of ether oxygens (including phenoxy) is 1. The molecule has 2 rings (SSSR count). The Balaban J connectivity index is 2.22. The smallest absolute Gasteiger partial charge is 0.328 e. The second kappa shape index (κ2) is 6.47. The van der Waals surface area contributed by atoms with Gasteiger partial charge in [0.15, 0.2) is 0 Å². The lowest BCUT2D eigenvalue weighted by Crippen LogP contribution is -2.57. The Kier molecular flexibility index (Phi) is 4.91. The number of carbonyl (C=O) groups is 3. The number of methoxy groups -OCH3 is 1. The number of fused-ring (bicyclic) bond motifs is 1. The molecule has 7 heteroatoms. The molecular weight excluding hydrogens is 280 g/mol. The summed E-state index contributed by atoms with van der Waals surface area (Å²) >= 11 is 1.68. The van der Waals surface area contributed by atoms with E-state index in [1.54, 1.807) is 16.7 Å². The monoisotopic (exact) mass is 300 g/mol. The van der Waals surface area contributed by atoms with Crippen molar-refractivity contribution in [2.75, 3.05) is 12.9 Å². The Hall–Kier alpha value is -1.24. The van der Waals surface area contributed by atoms with Crippen LogP contribution in [-0.4, -0.2) is 53.0 Å². The van der Waals surface area contributed by atoms with Crippen LogP contribution < -0.4 is 5.32 Å². The van der Waals surface area contributed by atoms with Crippen LogP contribution in [0.3, 0.4) is 0 Å². The van der Waals surface area contributed by atoms with Gasteiger partial charge in [-0.1, -0.05) is 0 Å². The highest BCUT2D eigenvalue weighted by molar-refractivity contribution is 7.99. The summed E-state index contributed by atoms with van der Waals surface area (Å²) < 4.78 is 4.81. The molecule has 2 heterocycles. The zero-order chi connectivity index (χ0) is 14.7. The number of esters is 1. The van der Waals surface area contributed by atoms with Crippen LogP contribution in [0.5, 0.6) is 0 Å². The molecule has 112 valence electrons. The summed E-state index contributed by atoms with van der Waals surface area (Å²) in [6.45, 7) is 1.40. The Morgan fingerprint density at radius 3 is 2.75 bits per heavy atom. The van der Waals surface area contributed by atoms with Crippen molar-refractivity contribution in [2.45, 2.75) is 50.1 Å². The maximum atomic E-state index is 12.6. The van der Waals surface area contributed by atoms with Crippen molar-refractivity contribution < 1.29 is 19.1 Å². The second-order valence-corrected chi connectivity index (χ2v) is 6.37. The lowest BCUT2D eigenvalue weighted by Gasteiger charge is -2.40. The van der Waals surface area contributed by atoms with E-state index in [9.17, 15) is 14.4 Å². The molecular formula is C13H20N2O4S. The first-order valence-corrected chi connectivity index (χ1v) is 7.88. The standard InChI is InChI=1S/C13H20N2O4S/c1-8(16)14-9-6-7-20-11-5-3-4-10(13(18)19-2)15(11)12(9)17/h9-11H,3-7H2,1-2H3,(H,14,16)/t9-,10-,11-/m0/s1. The Morgan fingerprint density at radius 2 is 2.10 bits per heavy atom. The Bertz CT molecular complexity index is 415. The minimum atomic E-state index is -0.532. The van der Waals surface area contributed by atoms with E-state index in [0.717, 1.165) is 18.6 Å². The van der Waals surface area contributed by atoms with Gasteiger partial charge in [-0.25, -0.2) is 4.79 Å². The SMILES string of the molecule is COC(=O)[C@@H]1CCC[C@@H]2SCC[C@H](NC(C)=O)C(=O)N21. The van der Waals surface area contributed by atoms with E-state index < -0.39 is 12.1 Å². The molecule has 2 fully saturated rings. The quantitative estimate of drug-likeness (QED) is 0.752. The van der Waals surface area contributed by atoms with Crippen molar-refractivity contribution in [3.05, 3.63) is 0 Å². The molecule has 0 unspecified atom stereocenters. The van der Waals surface area contributed by atoms with Crippen LogP contribution in [0.15, 0.2) is 0 Å². The Morgan fingerprint density at radius 1 is 1.35 bits per heavy atom. The number of hydrogen-bond donors (Lipinski definition) is 1. The first-order valence-electron chi connectivity index (χ1n) is 6.83. The summed E-state index contributed by atoms with van der Waals surface area (Å²) in [4.78, 5) is 37.4. The number of piperidine rings is 1. The average molecular weight is 300 g/mol. The molecule has 0 aromatic carbocycles. The summed E-state index contributed by atoms with van der Waals surface area (Å²) in [6, 6.07) is -1.05. The first-order chi connectivity index (χ1) is 9.54. The van der Waals surface area contributed by atoms with Gasteiger partial charge in [-0.05, 0) is 31.4 Å². The number of nitrogens with one attached hydrogen (secondary N) is 1. The number of hydrogen-bond acceptors (Lipinski definition) is 5. The zero-order valence-corrected chi connectivity index (χ0v) is 12.6. The molecule has 0 saturated carbocycles.